The number of nitrogens with zero attached hydrogens (tertiary/aromatic N) is 2. The first-order valence-corrected chi connectivity index (χ1v) is 17.5. The van der Waals surface area contributed by atoms with Crippen molar-refractivity contribution in [3.63, 3.8) is 0 Å². The van der Waals surface area contributed by atoms with Gasteiger partial charge in [0.15, 0.2) is 0 Å². The van der Waals surface area contributed by atoms with Crippen LogP contribution < -0.4 is 9.80 Å². The van der Waals surface area contributed by atoms with Gasteiger partial charge in [-0.3, -0.25) is 0 Å². The number of allylic oxidation sites excluding steroid dienone is 9. The zero-order valence-electron chi connectivity index (χ0n) is 28.6. The molecule has 0 aromatic heterocycles. The number of fused-ring (bicyclic) bond motifs is 2. The summed E-state index contributed by atoms with van der Waals surface area (Å²) in [4.78, 5) is 4.75. The van der Waals surface area contributed by atoms with Gasteiger partial charge in [-0.15, -0.1) is 0 Å². The molecule has 0 saturated carbocycles. The third-order valence-corrected chi connectivity index (χ3v) is 11.0. The van der Waals surface area contributed by atoms with Crippen molar-refractivity contribution in [3.05, 3.63) is 176 Å². The SMILES string of the molecule is CC1=C(C=CC2=C(N(c3ccccc3)c3ccccc3)C(=CC=C3N(C)c4ccc(Cl)cc4C3(C)C)CC2)C(C)(C)c2cc(Cl)ccc21. The second-order valence-electron chi connectivity index (χ2n) is 14.2. The van der Waals surface area contributed by atoms with Crippen LogP contribution >= 0.6 is 23.2 Å². The molecule has 1 heterocycles. The summed E-state index contributed by atoms with van der Waals surface area (Å²) in [6.07, 6.45) is 11.3. The normalized spacial score (nSPS) is 19.6. The van der Waals surface area contributed by atoms with Crippen molar-refractivity contribution in [2.45, 2.75) is 58.3 Å². The van der Waals surface area contributed by atoms with E-state index in [2.05, 4.69) is 161 Å². The van der Waals surface area contributed by atoms with Crippen molar-refractivity contribution in [1.82, 2.24) is 0 Å². The van der Waals surface area contributed by atoms with Crippen LogP contribution in [0.4, 0.5) is 17.1 Å². The lowest BCUT2D eigenvalue weighted by Crippen LogP contribution is -2.22. The van der Waals surface area contributed by atoms with Crippen molar-refractivity contribution < 1.29 is 0 Å². The molecule has 48 heavy (non-hydrogen) atoms. The first-order valence-electron chi connectivity index (χ1n) is 16.8. The minimum absolute atomic E-state index is 0.141. The molecule has 4 aromatic rings. The van der Waals surface area contributed by atoms with Crippen LogP contribution in [0.15, 0.2) is 149 Å². The summed E-state index contributed by atoms with van der Waals surface area (Å²) in [5.41, 5.74) is 14.8. The molecule has 242 valence electrons. The highest BCUT2D eigenvalue weighted by Gasteiger charge is 2.39. The maximum absolute atomic E-state index is 6.48. The smallest absolute Gasteiger partial charge is 0.0525 e. The van der Waals surface area contributed by atoms with E-state index in [1.807, 2.05) is 12.1 Å². The molecule has 7 rings (SSSR count). The predicted octanol–water partition coefficient (Wildman–Crippen LogP) is 12.7. The summed E-state index contributed by atoms with van der Waals surface area (Å²) < 4.78 is 0. The standard InChI is InChI=1S/C44H42Cl2N2/c1-29-36-23-21-32(45)27-38(36)43(2,3)37(29)24-19-30-17-18-31(20-26-41-44(4,5)39-28-33(46)22-25-40(39)47(41)6)42(30)48(34-13-9-7-10-14-34)35-15-11-8-12-16-35/h7-16,19-28H,17-18H2,1-6H3. The molecule has 2 aliphatic carbocycles. The van der Waals surface area contributed by atoms with E-state index in [-0.39, 0.29) is 10.8 Å². The Hall–Kier alpha value is -4.24. The van der Waals surface area contributed by atoms with E-state index in [1.165, 1.54) is 56.1 Å². The highest BCUT2D eigenvalue weighted by Crippen LogP contribution is 2.50. The van der Waals surface area contributed by atoms with Gasteiger partial charge in [-0.05, 0) is 119 Å². The van der Waals surface area contributed by atoms with E-state index in [9.17, 15) is 0 Å². The minimum atomic E-state index is -0.175. The fourth-order valence-electron chi connectivity index (χ4n) is 8.01. The zero-order chi connectivity index (χ0) is 33.8. The Morgan fingerprint density at radius 3 is 1.94 bits per heavy atom. The number of hydrogen-bond acceptors (Lipinski definition) is 2. The number of hydrogen-bond donors (Lipinski definition) is 0. The molecule has 4 aromatic carbocycles. The van der Waals surface area contributed by atoms with Gasteiger partial charge in [0.25, 0.3) is 0 Å². The van der Waals surface area contributed by atoms with E-state index < -0.39 is 0 Å². The maximum atomic E-state index is 6.48. The molecule has 0 spiro atoms. The van der Waals surface area contributed by atoms with Gasteiger partial charge in [0.1, 0.15) is 0 Å². The summed E-state index contributed by atoms with van der Waals surface area (Å²) in [7, 11) is 2.16. The fourth-order valence-corrected chi connectivity index (χ4v) is 8.35. The van der Waals surface area contributed by atoms with Crippen molar-refractivity contribution in [2.75, 3.05) is 16.8 Å². The molecule has 0 bridgehead atoms. The van der Waals surface area contributed by atoms with Crippen LogP contribution in [-0.4, -0.2) is 7.05 Å². The van der Waals surface area contributed by atoms with Gasteiger partial charge in [0.05, 0.1) is 5.70 Å². The Balaban J connectivity index is 1.38. The van der Waals surface area contributed by atoms with Crippen molar-refractivity contribution in [3.8, 4) is 0 Å². The number of likely N-dealkylation sites (N-methyl/N-ethyl adjacent to an activating group) is 1. The van der Waals surface area contributed by atoms with Crippen LogP contribution in [0.1, 0.15) is 64.2 Å². The Morgan fingerprint density at radius 2 is 1.29 bits per heavy atom. The first-order chi connectivity index (χ1) is 23.0. The topological polar surface area (TPSA) is 6.48 Å². The lowest BCUT2D eigenvalue weighted by molar-refractivity contribution is 0.640. The average molecular weight is 670 g/mol. The van der Waals surface area contributed by atoms with Gasteiger partial charge in [-0.25, -0.2) is 0 Å². The lowest BCUT2D eigenvalue weighted by atomic mass is 9.81. The van der Waals surface area contributed by atoms with Crippen LogP contribution in [-0.2, 0) is 10.8 Å². The summed E-state index contributed by atoms with van der Waals surface area (Å²) >= 11 is 13.0. The first kappa shape index (κ1) is 32.3. The van der Waals surface area contributed by atoms with Crippen LogP contribution in [0.5, 0.6) is 0 Å². The predicted molar refractivity (Wildman–Crippen MR) is 207 cm³/mol. The van der Waals surface area contributed by atoms with Crippen LogP contribution in [0.3, 0.4) is 0 Å². The van der Waals surface area contributed by atoms with Gasteiger partial charge < -0.3 is 9.80 Å². The molecule has 1 aliphatic heterocycles. The Labute approximate surface area is 296 Å². The van der Waals surface area contributed by atoms with Crippen LogP contribution in [0.25, 0.3) is 5.57 Å². The number of benzene rings is 4. The summed E-state index contributed by atoms with van der Waals surface area (Å²) in [5.74, 6) is 0. The number of para-hydroxylation sites is 2. The van der Waals surface area contributed by atoms with Gasteiger partial charge in [0.2, 0.25) is 0 Å². The molecule has 0 fully saturated rings. The fraction of sp³-hybridized carbons (Fsp3) is 0.227. The molecule has 0 atom stereocenters. The van der Waals surface area contributed by atoms with E-state index in [1.54, 1.807) is 0 Å². The van der Waals surface area contributed by atoms with E-state index in [0.29, 0.717) is 0 Å². The molecule has 0 unspecified atom stereocenters. The molecule has 2 nitrogen and oxygen atoms in total. The van der Waals surface area contributed by atoms with Gasteiger partial charge in [-0.1, -0.05) is 112 Å². The lowest BCUT2D eigenvalue weighted by Gasteiger charge is -2.29. The molecule has 0 amide bonds. The monoisotopic (exact) mass is 668 g/mol. The van der Waals surface area contributed by atoms with E-state index >= 15 is 0 Å². The second kappa shape index (κ2) is 12.3. The number of halogens is 2. The van der Waals surface area contributed by atoms with E-state index in [0.717, 1.165) is 34.3 Å². The average Bonchev–Trinajstić information content (AvgIpc) is 3.61. The zero-order valence-corrected chi connectivity index (χ0v) is 30.1. The Bertz CT molecular complexity index is 2020. The van der Waals surface area contributed by atoms with Gasteiger partial charge in [0, 0.05) is 50.7 Å². The minimum Gasteiger partial charge on any atom is -0.347 e. The molecule has 3 aliphatic rings. The third kappa shape index (κ3) is 5.46. The van der Waals surface area contributed by atoms with Gasteiger partial charge in [-0.2, -0.15) is 0 Å². The van der Waals surface area contributed by atoms with Gasteiger partial charge >= 0.3 is 0 Å². The van der Waals surface area contributed by atoms with Crippen molar-refractivity contribution in [1.29, 1.82) is 0 Å². The quantitative estimate of drug-likeness (QED) is 0.202. The van der Waals surface area contributed by atoms with Crippen molar-refractivity contribution >= 4 is 45.8 Å². The number of rotatable bonds is 6. The molecule has 4 heteroatoms. The highest BCUT2D eigenvalue weighted by molar-refractivity contribution is 6.31. The second-order valence-corrected chi connectivity index (χ2v) is 15.0. The largest absolute Gasteiger partial charge is 0.347 e. The third-order valence-electron chi connectivity index (χ3n) is 10.5. The summed E-state index contributed by atoms with van der Waals surface area (Å²) in [6, 6.07) is 34.0. The number of anilines is 3. The van der Waals surface area contributed by atoms with Crippen molar-refractivity contribution in [2.24, 2.45) is 0 Å². The Kier molecular flexibility index (Phi) is 8.30. The van der Waals surface area contributed by atoms with E-state index in [4.69, 9.17) is 23.2 Å². The molecule has 0 saturated heterocycles. The van der Waals surface area contributed by atoms with Crippen LogP contribution in [0.2, 0.25) is 10.0 Å². The summed E-state index contributed by atoms with van der Waals surface area (Å²) in [6.45, 7) is 11.4. The molecule has 0 radical (unpaired) electrons. The highest BCUT2D eigenvalue weighted by atomic mass is 35.5. The summed E-state index contributed by atoms with van der Waals surface area (Å²) in [5, 5.41) is 1.56. The molecule has 0 N–H and O–H groups in total. The molecular formula is C44H42Cl2N2. The Morgan fingerprint density at radius 1 is 0.688 bits per heavy atom. The van der Waals surface area contributed by atoms with Crippen LogP contribution in [0, 0.1) is 0 Å². The maximum Gasteiger partial charge on any atom is 0.0525 e. The molecular weight excluding hydrogens is 627 g/mol.